The number of sulfonamides is 1. The predicted molar refractivity (Wildman–Crippen MR) is 126 cm³/mol. The first-order valence-corrected chi connectivity index (χ1v) is 11.3. The highest BCUT2D eigenvalue weighted by atomic mass is 127. The fourth-order valence-corrected chi connectivity index (χ4v) is 5.27. The minimum Gasteiger partial charge on any atom is -0.370 e. The van der Waals surface area contributed by atoms with Crippen LogP contribution in [0.15, 0.2) is 45.6 Å². The molecule has 160 valence electrons. The molecule has 1 saturated heterocycles. The molecule has 0 spiro atoms. The van der Waals surface area contributed by atoms with Crippen LogP contribution in [-0.4, -0.2) is 58.5 Å². The molecular formula is C18H25FIN5O2S2. The first kappa shape index (κ1) is 23.8. The van der Waals surface area contributed by atoms with Gasteiger partial charge in [0, 0.05) is 43.3 Å². The largest absolute Gasteiger partial charge is 0.370 e. The number of anilines is 1. The summed E-state index contributed by atoms with van der Waals surface area (Å²) in [6.45, 7) is 5.24. The van der Waals surface area contributed by atoms with E-state index in [0.717, 1.165) is 23.7 Å². The number of benzene rings is 1. The number of rotatable bonds is 6. The third-order valence-corrected chi connectivity index (χ3v) is 7.41. The standard InChI is InChI=1S/C18H24FN5O2S2.HI/c1-14-2-7-17(27-14)28(25,26)22-9-8-21-18(20)24-12-10-23(11-13-24)16-5-3-15(19)4-6-16;/h2-7,22H,8-13H2,1H3,(H2,20,21);1H. The summed E-state index contributed by atoms with van der Waals surface area (Å²) >= 11 is 1.24. The van der Waals surface area contributed by atoms with E-state index >= 15 is 0 Å². The normalized spacial score (nSPS) is 15.3. The highest BCUT2D eigenvalue weighted by Crippen LogP contribution is 2.20. The second-order valence-corrected chi connectivity index (χ2v) is 9.73. The van der Waals surface area contributed by atoms with E-state index in [0.29, 0.717) is 23.3 Å². The molecule has 29 heavy (non-hydrogen) atoms. The lowest BCUT2D eigenvalue weighted by Gasteiger charge is -2.36. The number of hydrogen-bond acceptors (Lipinski definition) is 5. The van der Waals surface area contributed by atoms with Gasteiger partial charge in [-0.15, -0.1) is 35.3 Å². The lowest BCUT2D eigenvalue weighted by atomic mass is 10.2. The molecule has 1 aromatic carbocycles. The number of halogens is 2. The molecule has 0 unspecified atom stereocenters. The Morgan fingerprint density at radius 2 is 1.83 bits per heavy atom. The van der Waals surface area contributed by atoms with Crippen molar-refractivity contribution < 1.29 is 12.8 Å². The maximum atomic E-state index is 13.0. The van der Waals surface area contributed by atoms with Gasteiger partial charge >= 0.3 is 0 Å². The Morgan fingerprint density at radius 1 is 1.17 bits per heavy atom. The molecule has 0 atom stereocenters. The van der Waals surface area contributed by atoms with Crippen molar-refractivity contribution in [1.29, 1.82) is 0 Å². The first-order chi connectivity index (χ1) is 13.3. The topological polar surface area (TPSA) is 91.0 Å². The average Bonchev–Trinajstić information content (AvgIpc) is 3.13. The van der Waals surface area contributed by atoms with Crippen LogP contribution in [0.2, 0.25) is 0 Å². The van der Waals surface area contributed by atoms with Gasteiger partial charge in [0.15, 0.2) is 5.96 Å². The Hall–Kier alpha value is -1.44. The number of nitrogens with one attached hydrogen (secondary N) is 1. The van der Waals surface area contributed by atoms with Crippen LogP contribution in [0.5, 0.6) is 0 Å². The van der Waals surface area contributed by atoms with Gasteiger partial charge in [-0.2, -0.15) is 0 Å². The van der Waals surface area contributed by atoms with Crippen LogP contribution in [0.4, 0.5) is 10.1 Å². The van der Waals surface area contributed by atoms with Crippen molar-refractivity contribution in [3.8, 4) is 0 Å². The second-order valence-electron chi connectivity index (χ2n) is 6.45. The summed E-state index contributed by atoms with van der Waals surface area (Å²) in [5, 5.41) is 0. The molecule has 0 radical (unpaired) electrons. The molecule has 11 heteroatoms. The fourth-order valence-electron chi connectivity index (χ4n) is 2.92. The summed E-state index contributed by atoms with van der Waals surface area (Å²) in [5.41, 5.74) is 7.03. The number of aryl methyl sites for hydroxylation is 1. The van der Waals surface area contributed by atoms with Gasteiger partial charge in [0.05, 0.1) is 6.54 Å². The van der Waals surface area contributed by atoms with Crippen LogP contribution in [0.1, 0.15) is 4.88 Å². The van der Waals surface area contributed by atoms with Gasteiger partial charge in [0.2, 0.25) is 10.0 Å². The summed E-state index contributed by atoms with van der Waals surface area (Å²) in [6, 6.07) is 9.82. The molecular weight excluding hydrogens is 528 g/mol. The van der Waals surface area contributed by atoms with Gasteiger partial charge in [-0.1, -0.05) is 0 Å². The highest BCUT2D eigenvalue weighted by Gasteiger charge is 2.19. The van der Waals surface area contributed by atoms with Crippen LogP contribution in [0.3, 0.4) is 0 Å². The Morgan fingerprint density at radius 3 is 2.41 bits per heavy atom. The molecule has 2 aromatic rings. The lowest BCUT2D eigenvalue weighted by molar-refractivity contribution is 0.381. The van der Waals surface area contributed by atoms with Gasteiger partial charge < -0.3 is 15.5 Å². The minimum absolute atomic E-state index is 0. The quantitative estimate of drug-likeness (QED) is 0.248. The number of hydrogen-bond donors (Lipinski definition) is 2. The van der Waals surface area contributed by atoms with Crippen molar-refractivity contribution in [3.63, 3.8) is 0 Å². The van der Waals surface area contributed by atoms with Gasteiger partial charge in [0.1, 0.15) is 10.0 Å². The smallest absolute Gasteiger partial charge is 0.250 e. The number of piperazine rings is 1. The van der Waals surface area contributed by atoms with Crippen LogP contribution >= 0.6 is 35.3 Å². The second kappa shape index (κ2) is 10.5. The summed E-state index contributed by atoms with van der Waals surface area (Å²) < 4.78 is 40.2. The van der Waals surface area contributed by atoms with E-state index in [1.54, 1.807) is 24.3 Å². The number of nitrogens with two attached hydrogens (primary N) is 1. The minimum atomic E-state index is -3.49. The SMILES string of the molecule is Cc1ccc(S(=O)(=O)NCCN=C(N)N2CCN(c3ccc(F)cc3)CC2)s1.I. The lowest BCUT2D eigenvalue weighted by Crippen LogP contribution is -2.51. The van der Waals surface area contributed by atoms with E-state index in [4.69, 9.17) is 5.73 Å². The number of guanidine groups is 1. The summed E-state index contributed by atoms with van der Waals surface area (Å²) in [6.07, 6.45) is 0. The zero-order valence-corrected chi connectivity index (χ0v) is 20.0. The summed E-state index contributed by atoms with van der Waals surface area (Å²) in [4.78, 5) is 9.37. The number of nitrogens with zero attached hydrogens (tertiary/aromatic N) is 3. The predicted octanol–water partition coefficient (Wildman–Crippen LogP) is 2.23. The van der Waals surface area contributed by atoms with Crippen LogP contribution < -0.4 is 15.4 Å². The van der Waals surface area contributed by atoms with Crippen molar-refractivity contribution in [2.45, 2.75) is 11.1 Å². The van der Waals surface area contributed by atoms with Gasteiger partial charge in [0.25, 0.3) is 0 Å². The van der Waals surface area contributed by atoms with Crippen molar-refractivity contribution in [2.75, 3.05) is 44.2 Å². The molecule has 1 aromatic heterocycles. The molecule has 3 N–H and O–H groups in total. The van der Waals surface area contributed by atoms with E-state index < -0.39 is 10.0 Å². The van der Waals surface area contributed by atoms with E-state index in [9.17, 15) is 12.8 Å². The molecule has 1 aliphatic rings. The number of aliphatic imine (C=N–C) groups is 1. The molecule has 1 aliphatic heterocycles. The first-order valence-electron chi connectivity index (χ1n) is 8.97. The van der Waals surface area contributed by atoms with Crippen LogP contribution in [0, 0.1) is 12.7 Å². The van der Waals surface area contributed by atoms with Crippen molar-refractivity contribution in [3.05, 3.63) is 47.1 Å². The monoisotopic (exact) mass is 553 g/mol. The van der Waals surface area contributed by atoms with Gasteiger partial charge in [-0.25, -0.2) is 17.5 Å². The van der Waals surface area contributed by atoms with Gasteiger partial charge in [-0.3, -0.25) is 4.99 Å². The van der Waals surface area contributed by atoms with Crippen LogP contribution in [-0.2, 0) is 10.0 Å². The van der Waals surface area contributed by atoms with E-state index in [-0.39, 0.29) is 42.9 Å². The molecule has 0 aliphatic carbocycles. The third-order valence-electron chi connectivity index (χ3n) is 4.45. The molecule has 3 rings (SSSR count). The van der Waals surface area contributed by atoms with Crippen molar-refractivity contribution in [1.82, 2.24) is 9.62 Å². The maximum absolute atomic E-state index is 13.0. The zero-order chi connectivity index (χ0) is 20.1. The zero-order valence-electron chi connectivity index (χ0n) is 16.0. The average molecular weight is 553 g/mol. The maximum Gasteiger partial charge on any atom is 0.250 e. The third kappa shape index (κ3) is 6.52. The van der Waals surface area contributed by atoms with Crippen molar-refractivity contribution in [2.24, 2.45) is 10.7 Å². The highest BCUT2D eigenvalue weighted by molar-refractivity contribution is 14.0. The van der Waals surface area contributed by atoms with E-state index in [1.807, 2.05) is 11.8 Å². The Kier molecular flexibility index (Phi) is 8.67. The molecule has 7 nitrogen and oxygen atoms in total. The molecule has 0 saturated carbocycles. The molecule has 0 bridgehead atoms. The van der Waals surface area contributed by atoms with Gasteiger partial charge in [-0.05, 0) is 43.3 Å². The van der Waals surface area contributed by atoms with Crippen molar-refractivity contribution >= 4 is 57.0 Å². The number of thiophene rings is 1. The Bertz CT molecular complexity index is 926. The molecule has 2 heterocycles. The Balaban J connectivity index is 0.00000300. The Labute approximate surface area is 191 Å². The summed E-state index contributed by atoms with van der Waals surface area (Å²) in [7, 11) is -3.49. The molecule has 0 amide bonds. The van der Waals surface area contributed by atoms with Crippen LogP contribution in [0.25, 0.3) is 0 Å². The summed E-state index contributed by atoms with van der Waals surface area (Å²) in [5.74, 6) is 0.161. The molecule has 1 fully saturated rings. The fraction of sp³-hybridized carbons (Fsp3) is 0.389. The van der Waals surface area contributed by atoms with E-state index in [1.165, 1.54) is 23.5 Å². The van der Waals surface area contributed by atoms with E-state index in [2.05, 4.69) is 14.6 Å².